The summed E-state index contributed by atoms with van der Waals surface area (Å²) in [5, 5.41) is 4.06. The normalized spacial score (nSPS) is 18.2. The van der Waals surface area contributed by atoms with Gasteiger partial charge in [-0.05, 0) is 45.7 Å². The van der Waals surface area contributed by atoms with Crippen LogP contribution in [0.4, 0.5) is 0 Å². The summed E-state index contributed by atoms with van der Waals surface area (Å²) in [5.74, 6) is 1.13. The second kappa shape index (κ2) is 7.09. The Morgan fingerprint density at radius 3 is 2.84 bits per heavy atom. The summed E-state index contributed by atoms with van der Waals surface area (Å²) in [6, 6.07) is 8.69. The number of carbonyl (C=O) groups is 2. The van der Waals surface area contributed by atoms with Gasteiger partial charge in [-0.1, -0.05) is 17.3 Å². The minimum absolute atomic E-state index is 0.0366. The number of aromatic nitrogens is 1. The van der Waals surface area contributed by atoms with E-state index in [1.807, 2.05) is 13.0 Å². The number of Topliss-reactive ketones (excluding diaryl/α,β-unsaturated/α-hetero) is 1. The molecule has 1 aliphatic rings. The van der Waals surface area contributed by atoms with E-state index in [9.17, 15) is 9.59 Å². The minimum Gasteiger partial charge on any atom is -0.481 e. The van der Waals surface area contributed by atoms with Gasteiger partial charge in [0.25, 0.3) is 5.91 Å². The molecule has 6 heteroatoms. The van der Waals surface area contributed by atoms with Gasteiger partial charge in [0.15, 0.2) is 11.9 Å². The largest absolute Gasteiger partial charge is 0.481 e. The van der Waals surface area contributed by atoms with Crippen LogP contribution in [0.2, 0.25) is 0 Å². The average Bonchev–Trinajstić information content (AvgIpc) is 3.22. The Morgan fingerprint density at radius 2 is 2.16 bits per heavy atom. The van der Waals surface area contributed by atoms with Crippen LogP contribution < -0.4 is 4.74 Å². The van der Waals surface area contributed by atoms with Gasteiger partial charge in [-0.25, -0.2) is 0 Å². The van der Waals surface area contributed by atoms with E-state index >= 15 is 0 Å². The average molecular weight is 342 g/mol. The van der Waals surface area contributed by atoms with Crippen LogP contribution in [-0.4, -0.2) is 34.4 Å². The second-order valence-electron chi connectivity index (χ2n) is 6.40. The molecule has 25 heavy (non-hydrogen) atoms. The monoisotopic (exact) mass is 342 g/mol. The fourth-order valence-electron chi connectivity index (χ4n) is 3.16. The molecule has 2 heterocycles. The molecule has 1 fully saturated rings. The van der Waals surface area contributed by atoms with Crippen molar-refractivity contribution in [3.05, 3.63) is 47.3 Å². The lowest BCUT2D eigenvalue weighted by Gasteiger charge is -2.26. The number of likely N-dealkylation sites (tertiary alicyclic amines) is 1. The van der Waals surface area contributed by atoms with Gasteiger partial charge >= 0.3 is 0 Å². The maximum absolute atomic E-state index is 12.8. The molecule has 0 radical (unpaired) electrons. The van der Waals surface area contributed by atoms with Gasteiger partial charge in [0.1, 0.15) is 17.2 Å². The van der Waals surface area contributed by atoms with Crippen molar-refractivity contribution in [2.75, 3.05) is 6.54 Å². The standard InChI is InChI=1S/C19H22N2O4/c1-12-10-17(20-25-12)18-8-5-9-21(18)19(23)14(3)24-16-7-4-6-15(11-16)13(2)22/h4,6-7,10-11,14,18H,5,8-9H2,1-3H3. The van der Waals surface area contributed by atoms with Crippen LogP contribution >= 0.6 is 0 Å². The van der Waals surface area contributed by atoms with Crippen molar-refractivity contribution in [3.63, 3.8) is 0 Å². The molecule has 1 aromatic heterocycles. The van der Waals surface area contributed by atoms with Crippen LogP contribution in [0.3, 0.4) is 0 Å². The zero-order chi connectivity index (χ0) is 18.0. The van der Waals surface area contributed by atoms with Crippen LogP contribution in [-0.2, 0) is 4.79 Å². The zero-order valence-electron chi connectivity index (χ0n) is 14.7. The Balaban J connectivity index is 1.71. The topological polar surface area (TPSA) is 72.6 Å². The van der Waals surface area contributed by atoms with Crippen molar-refractivity contribution in [1.29, 1.82) is 0 Å². The number of hydrogen-bond donors (Lipinski definition) is 0. The van der Waals surface area contributed by atoms with Gasteiger partial charge in [-0.2, -0.15) is 0 Å². The molecule has 0 N–H and O–H groups in total. The zero-order valence-corrected chi connectivity index (χ0v) is 14.7. The number of ether oxygens (including phenoxy) is 1. The highest BCUT2D eigenvalue weighted by Gasteiger charge is 2.34. The Kier molecular flexibility index (Phi) is 4.88. The van der Waals surface area contributed by atoms with Crippen molar-refractivity contribution >= 4 is 11.7 Å². The van der Waals surface area contributed by atoms with E-state index in [-0.39, 0.29) is 17.7 Å². The quantitative estimate of drug-likeness (QED) is 0.780. The highest BCUT2D eigenvalue weighted by Crippen LogP contribution is 2.32. The van der Waals surface area contributed by atoms with E-state index in [1.165, 1.54) is 6.92 Å². The van der Waals surface area contributed by atoms with Crippen LogP contribution in [0.5, 0.6) is 5.75 Å². The summed E-state index contributed by atoms with van der Waals surface area (Å²) >= 11 is 0. The van der Waals surface area contributed by atoms with E-state index in [0.717, 1.165) is 24.3 Å². The molecule has 3 rings (SSSR count). The summed E-state index contributed by atoms with van der Waals surface area (Å²) < 4.78 is 10.9. The van der Waals surface area contributed by atoms with Crippen LogP contribution in [0.25, 0.3) is 0 Å². The third kappa shape index (κ3) is 3.73. The fourth-order valence-corrected chi connectivity index (χ4v) is 3.16. The molecule has 2 unspecified atom stereocenters. The molecule has 0 saturated carbocycles. The maximum Gasteiger partial charge on any atom is 0.263 e. The van der Waals surface area contributed by atoms with Crippen molar-refractivity contribution in [3.8, 4) is 5.75 Å². The van der Waals surface area contributed by atoms with E-state index in [1.54, 1.807) is 36.1 Å². The number of aryl methyl sites for hydroxylation is 1. The third-order valence-corrected chi connectivity index (χ3v) is 4.42. The molecule has 0 bridgehead atoms. The summed E-state index contributed by atoms with van der Waals surface area (Å²) in [4.78, 5) is 26.1. The van der Waals surface area contributed by atoms with Gasteiger partial charge in [-0.15, -0.1) is 0 Å². The SMILES string of the molecule is CC(=O)c1cccc(OC(C)C(=O)N2CCCC2c2cc(C)on2)c1. The predicted octanol–water partition coefficient (Wildman–Crippen LogP) is 3.32. The lowest BCUT2D eigenvalue weighted by Crippen LogP contribution is -2.40. The van der Waals surface area contributed by atoms with Crippen LogP contribution in [0, 0.1) is 6.92 Å². The summed E-state index contributed by atoms with van der Waals surface area (Å²) in [6.45, 7) is 5.75. The van der Waals surface area contributed by atoms with Gasteiger partial charge in [0.2, 0.25) is 0 Å². The Bertz CT molecular complexity index is 783. The second-order valence-corrected chi connectivity index (χ2v) is 6.40. The first kappa shape index (κ1) is 17.2. The molecule has 2 atom stereocenters. The first-order valence-electron chi connectivity index (χ1n) is 8.47. The van der Waals surface area contributed by atoms with Gasteiger partial charge in [0, 0.05) is 18.2 Å². The summed E-state index contributed by atoms with van der Waals surface area (Å²) in [7, 11) is 0. The van der Waals surface area contributed by atoms with Crippen LogP contribution in [0.1, 0.15) is 54.5 Å². The first-order valence-corrected chi connectivity index (χ1v) is 8.47. The Hall–Kier alpha value is -2.63. The van der Waals surface area contributed by atoms with E-state index < -0.39 is 6.10 Å². The number of amides is 1. The Labute approximate surface area is 146 Å². The molecule has 2 aromatic rings. The highest BCUT2D eigenvalue weighted by molar-refractivity contribution is 5.94. The van der Waals surface area contributed by atoms with Crippen molar-refractivity contribution in [2.24, 2.45) is 0 Å². The Morgan fingerprint density at radius 1 is 1.36 bits per heavy atom. The number of carbonyl (C=O) groups excluding carboxylic acids is 2. The highest BCUT2D eigenvalue weighted by atomic mass is 16.5. The fraction of sp³-hybridized carbons (Fsp3) is 0.421. The van der Waals surface area contributed by atoms with Crippen molar-refractivity contribution < 1.29 is 18.8 Å². The molecule has 1 aliphatic heterocycles. The predicted molar refractivity (Wildman–Crippen MR) is 91.5 cm³/mol. The smallest absolute Gasteiger partial charge is 0.263 e. The molecule has 1 amide bonds. The van der Waals surface area contributed by atoms with Crippen molar-refractivity contribution in [1.82, 2.24) is 10.1 Å². The molecule has 6 nitrogen and oxygen atoms in total. The van der Waals surface area contributed by atoms with E-state index in [0.29, 0.717) is 17.9 Å². The van der Waals surface area contributed by atoms with Crippen LogP contribution in [0.15, 0.2) is 34.9 Å². The lowest BCUT2D eigenvalue weighted by atomic mass is 10.1. The molecule has 132 valence electrons. The van der Waals surface area contributed by atoms with Gasteiger partial charge < -0.3 is 14.2 Å². The van der Waals surface area contributed by atoms with Gasteiger partial charge in [-0.3, -0.25) is 9.59 Å². The number of benzene rings is 1. The molecule has 1 saturated heterocycles. The number of hydrogen-bond acceptors (Lipinski definition) is 5. The van der Waals surface area contributed by atoms with E-state index in [2.05, 4.69) is 5.16 Å². The molecule has 0 aliphatic carbocycles. The number of rotatable bonds is 5. The summed E-state index contributed by atoms with van der Waals surface area (Å²) in [5.41, 5.74) is 1.35. The lowest BCUT2D eigenvalue weighted by molar-refractivity contribution is -0.139. The third-order valence-electron chi connectivity index (χ3n) is 4.42. The number of nitrogens with zero attached hydrogens (tertiary/aromatic N) is 2. The van der Waals surface area contributed by atoms with Gasteiger partial charge in [0.05, 0.1) is 6.04 Å². The summed E-state index contributed by atoms with van der Waals surface area (Å²) in [6.07, 6.45) is 1.15. The minimum atomic E-state index is -0.643. The maximum atomic E-state index is 12.8. The number of ketones is 1. The van der Waals surface area contributed by atoms with Crippen molar-refractivity contribution in [2.45, 2.75) is 45.8 Å². The van der Waals surface area contributed by atoms with E-state index in [4.69, 9.17) is 9.26 Å². The molecular weight excluding hydrogens is 320 g/mol. The molecular formula is C19H22N2O4. The molecule has 1 aromatic carbocycles. The first-order chi connectivity index (χ1) is 12.0. The molecule has 0 spiro atoms.